The van der Waals surface area contributed by atoms with Gasteiger partial charge in [0.15, 0.2) is 5.69 Å². The van der Waals surface area contributed by atoms with Crippen molar-refractivity contribution in [1.29, 1.82) is 0 Å². The number of hydrogen-bond acceptors (Lipinski definition) is 2. The van der Waals surface area contributed by atoms with Crippen LogP contribution in [0.2, 0.25) is 5.02 Å². The summed E-state index contributed by atoms with van der Waals surface area (Å²) in [7, 11) is 0. The number of halogens is 2. The van der Waals surface area contributed by atoms with Crippen LogP contribution < -0.4 is 0 Å². The molecule has 0 spiro atoms. The standard InChI is InChI=1S/C16H10ClFN2O2/c17-11-2-1-3-13(8-11)20-15(9-14(19-20)16(21)22)10-4-6-12(18)7-5-10/h1-9H,(H,21,22). The molecule has 0 aliphatic carbocycles. The topological polar surface area (TPSA) is 55.1 Å². The van der Waals surface area contributed by atoms with Gasteiger partial charge in [-0.15, -0.1) is 0 Å². The highest BCUT2D eigenvalue weighted by molar-refractivity contribution is 6.30. The second-order valence-corrected chi connectivity index (χ2v) is 5.05. The molecule has 0 aliphatic heterocycles. The van der Waals surface area contributed by atoms with Crippen LogP contribution in [0.5, 0.6) is 0 Å². The van der Waals surface area contributed by atoms with E-state index in [4.69, 9.17) is 16.7 Å². The molecule has 0 saturated carbocycles. The van der Waals surface area contributed by atoms with Crippen LogP contribution in [0.1, 0.15) is 10.5 Å². The van der Waals surface area contributed by atoms with Crippen LogP contribution in [-0.4, -0.2) is 20.9 Å². The van der Waals surface area contributed by atoms with Crippen molar-refractivity contribution in [3.8, 4) is 16.9 Å². The van der Waals surface area contributed by atoms with Crippen LogP contribution in [-0.2, 0) is 0 Å². The summed E-state index contributed by atoms with van der Waals surface area (Å²) < 4.78 is 14.6. The number of benzene rings is 2. The summed E-state index contributed by atoms with van der Waals surface area (Å²) in [6.45, 7) is 0. The molecule has 1 aromatic heterocycles. The normalized spacial score (nSPS) is 10.6. The van der Waals surface area contributed by atoms with E-state index in [0.717, 1.165) is 0 Å². The largest absolute Gasteiger partial charge is 0.476 e. The Morgan fingerprint density at radius 3 is 2.50 bits per heavy atom. The van der Waals surface area contributed by atoms with Crippen molar-refractivity contribution in [1.82, 2.24) is 9.78 Å². The lowest BCUT2D eigenvalue weighted by molar-refractivity contribution is 0.0690. The fraction of sp³-hybridized carbons (Fsp3) is 0. The highest BCUT2D eigenvalue weighted by Crippen LogP contribution is 2.25. The number of rotatable bonds is 3. The van der Waals surface area contributed by atoms with Crippen LogP contribution >= 0.6 is 11.6 Å². The van der Waals surface area contributed by atoms with Crippen molar-refractivity contribution in [3.05, 3.63) is 71.1 Å². The van der Waals surface area contributed by atoms with Crippen molar-refractivity contribution >= 4 is 17.6 Å². The Bertz CT molecular complexity index is 844. The quantitative estimate of drug-likeness (QED) is 0.793. The fourth-order valence-electron chi connectivity index (χ4n) is 2.12. The SMILES string of the molecule is O=C(O)c1cc(-c2ccc(F)cc2)n(-c2cccc(Cl)c2)n1. The molecule has 0 fully saturated rings. The molecule has 0 unspecified atom stereocenters. The molecule has 0 amide bonds. The molecule has 110 valence electrons. The van der Waals surface area contributed by atoms with Gasteiger partial charge in [0.05, 0.1) is 11.4 Å². The number of carboxylic acid groups (broad SMARTS) is 1. The third-order valence-electron chi connectivity index (χ3n) is 3.12. The third-order valence-corrected chi connectivity index (χ3v) is 3.36. The van der Waals surface area contributed by atoms with Crippen molar-refractivity contribution < 1.29 is 14.3 Å². The van der Waals surface area contributed by atoms with Crippen LogP contribution in [0.3, 0.4) is 0 Å². The van der Waals surface area contributed by atoms with Crippen LogP contribution in [0.25, 0.3) is 16.9 Å². The van der Waals surface area contributed by atoms with E-state index in [0.29, 0.717) is 22.0 Å². The molecule has 6 heteroatoms. The number of nitrogens with zero attached hydrogens (tertiary/aromatic N) is 2. The van der Waals surface area contributed by atoms with Crippen LogP contribution in [0.15, 0.2) is 54.6 Å². The van der Waals surface area contributed by atoms with Gasteiger partial charge in [-0.1, -0.05) is 17.7 Å². The molecular formula is C16H10ClFN2O2. The summed E-state index contributed by atoms with van der Waals surface area (Å²) in [6, 6.07) is 14.1. The summed E-state index contributed by atoms with van der Waals surface area (Å²) in [4.78, 5) is 11.2. The van der Waals surface area contributed by atoms with Crippen molar-refractivity contribution in [2.24, 2.45) is 0 Å². The molecule has 4 nitrogen and oxygen atoms in total. The predicted octanol–water partition coefficient (Wildman–Crippen LogP) is 4.03. The van der Waals surface area contributed by atoms with Crippen LogP contribution in [0.4, 0.5) is 4.39 Å². The highest BCUT2D eigenvalue weighted by atomic mass is 35.5. The Morgan fingerprint density at radius 1 is 1.14 bits per heavy atom. The summed E-state index contributed by atoms with van der Waals surface area (Å²) in [5, 5.41) is 13.7. The number of aromatic nitrogens is 2. The number of carbonyl (C=O) groups is 1. The molecule has 0 saturated heterocycles. The molecule has 2 aromatic carbocycles. The van der Waals surface area contributed by atoms with Crippen LogP contribution in [0, 0.1) is 5.82 Å². The van der Waals surface area contributed by atoms with Gasteiger partial charge in [-0.05, 0) is 48.5 Å². The zero-order chi connectivity index (χ0) is 15.7. The van der Waals surface area contributed by atoms with Gasteiger partial charge in [0.1, 0.15) is 5.82 Å². The molecule has 0 aliphatic rings. The molecular weight excluding hydrogens is 307 g/mol. The number of aromatic carboxylic acids is 1. The Hall–Kier alpha value is -2.66. The second-order valence-electron chi connectivity index (χ2n) is 4.62. The Morgan fingerprint density at radius 2 is 1.86 bits per heavy atom. The Kier molecular flexibility index (Phi) is 3.65. The first-order valence-electron chi connectivity index (χ1n) is 6.40. The first kappa shape index (κ1) is 14.3. The minimum atomic E-state index is -1.14. The van der Waals surface area contributed by atoms with E-state index < -0.39 is 5.97 Å². The smallest absolute Gasteiger partial charge is 0.356 e. The van der Waals surface area contributed by atoms with Gasteiger partial charge in [0, 0.05) is 10.6 Å². The van der Waals surface area contributed by atoms with Gasteiger partial charge in [-0.2, -0.15) is 5.10 Å². The van der Waals surface area contributed by atoms with Gasteiger partial charge < -0.3 is 5.11 Å². The van der Waals surface area contributed by atoms with Crippen molar-refractivity contribution in [3.63, 3.8) is 0 Å². The molecule has 3 rings (SSSR count). The maximum atomic E-state index is 13.1. The number of hydrogen-bond donors (Lipinski definition) is 1. The molecule has 0 bridgehead atoms. The van der Waals surface area contributed by atoms with E-state index in [-0.39, 0.29) is 11.5 Å². The first-order valence-corrected chi connectivity index (χ1v) is 6.77. The Balaban J connectivity index is 2.20. The van der Waals surface area contributed by atoms with E-state index >= 15 is 0 Å². The minimum absolute atomic E-state index is 0.0979. The van der Waals surface area contributed by atoms with E-state index in [1.54, 1.807) is 36.4 Å². The molecule has 0 atom stereocenters. The first-order chi connectivity index (χ1) is 10.5. The van der Waals surface area contributed by atoms with E-state index in [1.165, 1.54) is 22.9 Å². The molecule has 0 radical (unpaired) electrons. The average Bonchev–Trinajstić information content (AvgIpc) is 2.93. The van der Waals surface area contributed by atoms with Gasteiger partial charge in [-0.25, -0.2) is 13.9 Å². The Labute approximate surface area is 130 Å². The van der Waals surface area contributed by atoms with Gasteiger partial charge >= 0.3 is 5.97 Å². The fourth-order valence-corrected chi connectivity index (χ4v) is 2.30. The summed E-state index contributed by atoms with van der Waals surface area (Å²) in [5.41, 5.74) is 1.72. The lowest BCUT2D eigenvalue weighted by atomic mass is 10.1. The predicted molar refractivity (Wildman–Crippen MR) is 80.9 cm³/mol. The molecule has 1 heterocycles. The van der Waals surface area contributed by atoms with E-state index in [1.807, 2.05) is 0 Å². The monoisotopic (exact) mass is 316 g/mol. The maximum Gasteiger partial charge on any atom is 0.356 e. The summed E-state index contributed by atoms with van der Waals surface area (Å²) >= 11 is 5.98. The van der Waals surface area contributed by atoms with Gasteiger partial charge in [0.25, 0.3) is 0 Å². The van der Waals surface area contributed by atoms with Crippen molar-refractivity contribution in [2.75, 3.05) is 0 Å². The molecule has 22 heavy (non-hydrogen) atoms. The average molecular weight is 317 g/mol. The molecule has 1 N–H and O–H groups in total. The maximum absolute atomic E-state index is 13.1. The third kappa shape index (κ3) is 2.71. The number of carboxylic acids is 1. The zero-order valence-corrected chi connectivity index (χ0v) is 12.0. The highest BCUT2D eigenvalue weighted by Gasteiger charge is 2.16. The lowest BCUT2D eigenvalue weighted by Crippen LogP contribution is -2.02. The zero-order valence-electron chi connectivity index (χ0n) is 11.2. The minimum Gasteiger partial charge on any atom is -0.476 e. The molecule has 3 aromatic rings. The summed E-state index contributed by atoms with van der Waals surface area (Å²) in [5.74, 6) is -1.50. The van der Waals surface area contributed by atoms with Gasteiger partial charge in [-0.3, -0.25) is 0 Å². The lowest BCUT2D eigenvalue weighted by Gasteiger charge is -2.08. The summed E-state index contributed by atoms with van der Waals surface area (Å²) in [6.07, 6.45) is 0. The van der Waals surface area contributed by atoms with E-state index in [9.17, 15) is 9.18 Å². The van der Waals surface area contributed by atoms with Gasteiger partial charge in [0.2, 0.25) is 0 Å². The van der Waals surface area contributed by atoms with E-state index in [2.05, 4.69) is 5.10 Å². The second kappa shape index (κ2) is 5.61. The van der Waals surface area contributed by atoms with Crippen molar-refractivity contribution in [2.45, 2.75) is 0 Å².